The van der Waals surface area contributed by atoms with Crippen molar-refractivity contribution in [2.24, 2.45) is 5.73 Å². The summed E-state index contributed by atoms with van der Waals surface area (Å²) in [5.74, 6) is 0. The van der Waals surface area contributed by atoms with Crippen LogP contribution >= 0.6 is 0 Å². The molecular weight excluding hydrogens is 258 g/mol. The SMILES string of the molecule is CC[C@@H](N)c1ccc(N2CCN(C3CCCC3)CC2)cc1. The average molecular weight is 287 g/mol. The van der Waals surface area contributed by atoms with Gasteiger partial charge in [-0.15, -0.1) is 0 Å². The fourth-order valence-corrected chi connectivity index (χ4v) is 3.78. The molecule has 0 unspecified atom stereocenters. The lowest BCUT2D eigenvalue weighted by Gasteiger charge is -2.39. The van der Waals surface area contributed by atoms with Crippen molar-refractivity contribution in [3.63, 3.8) is 0 Å². The van der Waals surface area contributed by atoms with Gasteiger partial charge < -0.3 is 10.6 Å². The fourth-order valence-electron chi connectivity index (χ4n) is 3.78. The van der Waals surface area contributed by atoms with E-state index < -0.39 is 0 Å². The Kier molecular flexibility index (Phi) is 4.81. The normalized spacial score (nSPS) is 22.7. The molecule has 3 rings (SSSR count). The Morgan fingerprint density at radius 3 is 2.24 bits per heavy atom. The summed E-state index contributed by atoms with van der Waals surface area (Å²) in [4.78, 5) is 5.23. The van der Waals surface area contributed by atoms with Gasteiger partial charge in [-0.2, -0.15) is 0 Å². The molecule has 1 saturated carbocycles. The summed E-state index contributed by atoms with van der Waals surface area (Å²) in [5.41, 5.74) is 8.70. The van der Waals surface area contributed by atoms with E-state index in [2.05, 4.69) is 41.0 Å². The first-order chi connectivity index (χ1) is 10.3. The van der Waals surface area contributed by atoms with E-state index >= 15 is 0 Å². The van der Waals surface area contributed by atoms with Crippen molar-refractivity contribution in [3.8, 4) is 0 Å². The quantitative estimate of drug-likeness (QED) is 0.923. The number of rotatable bonds is 4. The summed E-state index contributed by atoms with van der Waals surface area (Å²) in [6, 6.07) is 9.95. The number of nitrogens with two attached hydrogens (primary N) is 1. The molecule has 1 aromatic rings. The Morgan fingerprint density at radius 2 is 1.67 bits per heavy atom. The number of hydrogen-bond donors (Lipinski definition) is 1. The second-order valence-corrected chi connectivity index (χ2v) is 6.57. The first-order valence-corrected chi connectivity index (χ1v) is 8.62. The largest absolute Gasteiger partial charge is 0.369 e. The molecule has 1 heterocycles. The standard InChI is InChI=1S/C18H29N3/c1-2-18(19)15-7-9-17(10-8-15)21-13-11-20(12-14-21)16-5-3-4-6-16/h7-10,16,18H,2-6,11-14,19H2,1H3/t18-/m1/s1. The van der Waals surface area contributed by atoms with E-state index in [1.807, 2.05) is 0 Å². The van der Waals surface area contributed by atoms with Crippen molar-refractivity contribution in [1.29, 1.82) is 0 Å². The van der Waals surface area contributed by atoms with Crippen LogP contribution in [0.4, 0.5) is 5.69 Å². The number of anilines is 1. The molecule has 1 aliphatic heterocycles. The third-order valence-corrected chi connectivity index (χ3v) is 5.28. The highest BCUT2D eigenvalue weighted by Crippen LogP contribution is 2.26. The van der Waals surface area contributed by atoms with Gasteiger partial charge in [0, 0.05) is 44.0 Å². The summed E-state index contributed by atoms with van der Waals surface area (Å²) in [6.45, 7) is 6.91. The van der Waals surface area contributed by atoms with Gasteiger partial charge in [0.05, 0.1) is 0 Å². The molecule has 1 atom stereocenters. The maximum atomic E-state index is 6.09. The zero-order valence-electron chi connectivity index (χ0n) is 13.3. The number of hydrogen-bond acceptors (Lipinski definition) is 3. The van der Waals surface area contributed by atoms with E-state index in [1.54, 1.807) is 0 Å². The molecular formula is C18H29N3. The minimum atomic E-state index is 0.179. The van der Waals surface area contributed by atoms with Crippen LogP contribution in [0.5, 0.6) is 0 Å². The molecule has 0 spiro atoms. The van der Waals surface area contributed by atoms with Crippen molar-refractivity contribution < 1.29 is 0 Å². The van der Waals surface area contributed by atoms with Gasteiger partial charge in [-0.25, -0.2) is 0 Å². The fraction of sp³-hybridized carbons (Fsp3) is 0.667. The van der Waals surface area contributed by atoms with E-state index in [4.69, 9.17) is 5.73 Å². The van der Waals surface area contributed by atoms with Gasteiger partial charge in [0.15, 0.2) is 0 Å². The van der Waals surface area contributed by atoms with Crippen molar-refractivity contribution in [2.45, 2.75) is 51.1 Å². The van der Waals surface area contributed by atoms with Crippen LogP contribution in [0.25, 0.3) is 0 Å². The molecule has 3 nitrogen and oxygen atoms in total. The Labute approximate surface area is 129 Å². The number of piperazine rings is 1. The minimum Gasteiger partial charge on any atom is -0.369 e. The molecule has 116 valence electrons. The van der Waals surface area contributed by atoms with Crippen molar-refractivity contribution in [2.75, 3.05) is 31.1 Å². The maximum absolute atomic E-state index is 6.09. The summed E-state index contributed by atoms with van der Waals surface area (Å²) in [6.07, 6.45) is 6.71. The molecule has 2 aliphatic rings. The van der Waals surface area contributed by atoms with E-state index in [1.165, 1.54) is 50.0 Å². The number of benzene rings is 1. The monoisotopic (exact) mass is 287 g/mol. The molecule has 1 aromatic carbocycles. The summed E-state index contributed by atoms with van der Waals surface area (Å²) in [7, 11) is 0. The van der Waals surface area contributed by atoms with E-state index in [-0.39, 0.29) is 6.04 Å². The third kappa shape index (κ3) is 3.41. The van der Waals surface area contributed by atoms with Gasteiger partial charge in [0.1, 0.15) is 0 Å². The third-order valence-electron chi connectivity index (χ3n) is 5.28. The van der Waals surface area contributed by atoms with Crippen molar-refractivity contribution >= 4 is 5.69 Å². The molecule has 1 aliphatic carbocycles. The van der Waals surface area contributed by atoms with Crippen LogP contribution in [-0.2, 0) is 0 Å². The van der Waals surface area contributed by atoms with Gasteiger partial charge in [0.25, 0.3) is 0 Å². The Morgan fingerprint density at radius 1 is 1.05 bits per heavy atom. The van der Waals surface area contributed by atoms with Crippen LogP contribution in [0, 0.1) is 0 Å². The van der Waals surface area contributed by atoms with Gasteiger partial charge in [-0.1, -0.05) is 31.9 Å². The van der Waals surface area contributed by atoms with Gasteiger partial charge >= 0.3 is 0 Å². The van der Waals surface area contributed by atoms with E-state index in [9.17, 15) is 0 Å². The second-order valence-electron chi connectivity index (χ2n) is 6.57. The first kappa shape index (κ1) is 14.9. The zero-order chi connectivity index (χ0) is 14.7. The Hall–Kier alpha value is -1.06. The van der Waals surface area contributed by atoms with Crippen LogP contribution in [0.2, 0.25) is 0 Å². The lowest BCUT2D eigenvalue weighted by molar-refractivity contribution is 0.187. The van der Waals surface area contributed by atoms with Crippen LogP contribution < -0.4 is 10.6 Å². The molecule has 2 fully saturated rings. The molecule has 2 N–H and O–H groups in total. The molecule has 1 saturated heterocycles. The highest BCUT2D eigenvalue weighted by Gasteiger charge is 2.26. The molecule has 21 heavy (non-hydrogen) atoms. The van der Waals surface area contributed by atoms with Crippen LogP contribution in [0.3, 0.4) is 0 Å². The van der Waals surface area contributed by atoms with E-state index in [0.29, 0.717) is 0 Å². The molecule has 3 heteroatoms. The minimum absolute atomic E-state index is 0.179. The lowest BCUT2D eigenvalue weighted by atomic mass is 10.0. The highest BCUT2D eigenvalue weighted by molar-refractivity contribution is 5.48. The summed E-state index contributed by atoms with van der Waals surface area (Å²) >= 11 is 0. The van der Waals surface area contributed by atoms with Crippen molar-refractivity contribution in [3.05, 3.63) is 29.8 Å². The van der Waals surface area contributed by atoms with Crippen molar-refractivity contribution in [1.82, 2.24) is 4.90 Å². The molecule has 0 radical (unpaired) electrons. The maximum Gasteiger partial charge on any atom is 0.0367 e. The average Bonchev–Trinajstić information content (AvgIpc) is 3.09. The van der Waals surface area contributed by atoms with Gasteiger partial charge in [-0.05, 0) is 37.0 Å². The van der Waals surface area contributed by atoms with Crippen LogP contribution in [0.15, 0.2) is 24.3 Å². The summed E-state index contributed by atoms with van der Waals surface area (Å²) < 4.78 is 0. The molecule has 0 aromatic heterocycles. The number of nitrogens with zero attached hydrogens (tertiary/aromatic N) is 2. The zero-order valence-corrected chi connectivity index (χ0v) is 13.3. The second kappa shape index (κ2) is 6.80. The summed E-state index contributed by atoms with van der Waals surface area (Å²) in [5, 5.41) is 0. The Bertz CT molecular complexity index is 428. The first-order valence-electron chi connectivity index (χ1n) is 8.62. The van der Waals surface area contributed by atoms with Crippen LogP contribution in [-0.4, -0.2) is 37.1 Å². The predicted molar refractivity (Wildman–Crippen MR) is 89.7 cm³/mol. The lowest BCUT2D eigenvalue weighted by Crippen LogP contribution is -2.49. The smallest absolute Gasteiger partial charge is 0.0367 e. The molecule has 0 bridgehead atoms. The van der Waals surface area contributed by atoms with E-state index in [0.717, 1.165) is 25.6 Å². The van der Waals surface area contributed by atoms with Crippen LogP contribution in [0.1, 0.15) is 50.6 Å². The highest BCUT2D eigenvalue weighted by atomic mass is 15.3. The predicted octanol–water partition coefficient (Wildman–Crippen LogP) is 3.16. The topological polar surface area (TPSA) is 32.5 Å². The van der Waals surface area contributed by atoms with Gasteiger partial charge in [0.2, 0.25) is 0 Å². The molecule has 0 amide bonds. The van der Waals surface area contributed by atoms with Gasteiger partial charge in [-0.3, -0.25) is 4.90 Å². The Balaban J connectivity index is 1.56.